The summed E-state index contributed by atoms with van der Waals surface area (Å²) in [6, 6.07) is 13.1. The maximum absolute atomic E-state index is 12.8. The minimum atomic E-state index is -3.78. The summed E-state index contributed by atoms with van der Waals surface area (Å²) in [5, 5.41) is 7.97. The van der Waals surface area contributed by atoms with Crippen LogP contribution >= 0.6 is 0 Å². The van der Waals surface area contributed by atoms with Gasteiger partial charge in [-0.3, -0.25) is 4.57 Å². The maximum Gasteiger partial charge on any atom is 0.316 e. The molecule has 3 aromatic rings. The highest BCUT2D eigenvalue weighted by molar-refractivity contribution is 7.89. The number of methoxy groups -OCH3 is 2. The molecule has 0 spiro atoms. The number of nitrogens with one attached hydrogen (secondary N) is 1. The number of sulfonamides is 1. The van der Waals surface area contributed by atoms with Crippen LogP contribution in [0.1, 0.15) is 25.7 Å². The van der Waals surface area contributed by atoms with Crippen molar-refractivity contribution in [2.75, 3.05) is 14.2 Å². The van der Waals surface area contributed by atoms with Crippen LogP contribution in [0, 0.1) is 0 Å². The molecule has 0 aliphatic heterocycles. The zero-order chi connectivity index (χ0) is 21.7. The summed E-state index contributed by atoms with van der Waals surface area (Å²) in [6.45, 7) is 4.15. The van der Waals surface area contributed by atoms with Gasteiger partial charge in [-0.05, 0) is 50.2 Å². The fraction of sp³-hybridized carbons (Fsp3) is 0.300. The molecule has 9 nitrogen and oxygen atoms in total. The second kappa shape index (κ2) is 9.14. The van der Waals surface area contributed by atoms with Crippen molar-refractivity contribution in [3.05, 3.63) is 54.4 Å². The molecule has 10 heteroatoms. The Hall–Kier alpha value is -3.11. The lowest BCUT2D eigenvalue weighted by molar-refractivity contribution is 0.354. The minimum absolute atomic E-state index is 0.108. The Morgan fingerprint density at radius 1 is 1.00 bits per heavy atom. The van der Waals surface area contributed by atoms with Gasteiger partial charge in [0, 0.05) is 6.54 Å². The Morgan fingerprint density at radius 2 is 1.67 bits per heavy atom. The Morgan fingerprint density at radius 3 is 2.27 bits per heavy atom. The van der Waals surface area contributed by atoms with E-state index in [1.807, 2.05) is 19.1 Å². The predicted molar refractivity (Wildman–Crippen MR) is 110 cm³/mol. The van der Waals surface area contributed by atoms with Gasteiger partial charge in [-0.2, -0.15) is 0 Å². The van der Waals surface area contributed by atoms with Crippen molar-refractivity contribution in [3.8, 4) is 23.3 Å². The van der Waals surface area contributed by atoms with Crippen LogP contribution in [0.25, 0.3) is 0 Å². The molecule has 1 N–H and O–H groups in total. The van der Waals surface area contributed by atoms with Crippen LogP contribution in [-0.2, 0) is 16.6 Å². The van der Waals surface area contributed by atoms with Gasteiger partial charge >= 0.3 is 6.01 Å². The molecule has 1 atom stereocenters. The van der Waals surface area contributed by atoms with Gasteiger partial charge < -0.3 is 14.2 Å². The van der Waals surface area contributed by atoms with Crippen molar-refractivity contribution in [1.29, 1.82) is 0 Å². The van der Waals surface area contributed by atoms with E-state index in [-0.39, 0.29) is 4.90 Å². The molecule has 0 bridgehead atoms. The zero-order valence-corrected chi connectivity index (χ0v) is 18.0. The minimum Gasteiger partial charge on any atom is -0.493 e. The monoisotopic (exact) mass is 432 g/mol. The smallest absolute Gasteiger partial charge is 0.316 e. The molecule has 30 heavy (non-hydrogen) atoms. The van der Waals surface area contributed by atoms with Crippen molar-refractivity contribution >= 4 is 10.0 Å². The molecule has 0 unspecified atom stereocenters. The summed E-state index contributed by atoms with van der Waals surface area (Å²) < 4.78 is 46.1. The largest absolute Gasteiger partial charge is 0.493 e. The van der Waals surface area contributed by atoms with Crippen molar-refractivity contribution < 1.29 is 22.6 Å². The molecule has 0 aliphatic carbocycles. The lowest BCUT2D eigenvalue weighted by Crippen LogP contribution is -2.29. The van der Waals surface area contributed by atoms with Crippen LogP contribution in [-0.4, -0.2) is 37.4 Å². The van der Waals surface area contributed by atoms with Crippen LogP contribution in [0.5, 0.6) is 23.3 Å². The number of rotatable bonds is 9. The Balaban J connectivity index is 1.76. The summed E-state index contributed by atoms with van der Waals surface area (Å²) in [7, 11) is -0.740. The molecule has 0 radical (unpaired) electrons. The van der Waals surface area contributed by atoms with Gasteiger partial charge in [-0.1, -0.05) is 17.2 Å². The summed E-state index contributed by atoms with van der Waals surface area (Å²) >= 11 is 0. The van der Waals surface area contributed by atoms with E-state index < -0.39 is 16.1 Å². The molecule has 3 rings (SSSR count). The van der Waals surface area contributed by atoms with Crippen molar-refractivity contribution in [1.82, 2.24) is 19.5 Å². The Bertz CT molecular complexity index is 1100. The second-order valence-corrected chi connectivity index (χ2v) is 8.07. The molecule has 0 fully saturated rings. The first-order valence-corrected chi connectivity index (χ1v) is 10.8. The van der Waals surface area contributed by atoms with Crippen LogP contribution in [0.3, 0.4) is 0 Å². The number of aromatic nitrogens is 3. The third kappa shape index (κ3) is 4.55. The highest BCUT2D eigenvalue weighted by atomic mass is 32.2. The van der Waals surface area contributed by atoms with E-state index in [0.29, 0.717) is 35.6 Å². The van der Waals surface area contributed by atoms with Crippen molar-refractivity contribution in [2.45, 2.75) is 31.3 Å². The average Bonchev–Trinajstić information content (AvgIpc) is 3.17. The van der Waals surface area contributed by atoms with E-state index in [2.05, 4.69) is 14.9 Å². The second-order valence-electron chi connectivity index (χ2n) is 6.36. The van der Waals surface area contributed by atoms with Crippen LogP contribution in [0.15, 0.2) is 53.4 Å². The van der Waals surface area contributed by atoms with Gasteiger partial charge in [0.25, 0.3) is 0 Å². The standard InChI is InChI=1S/C20H24N4O5S/c1-5-24-19(21-22-20(24)28-4)14(2)23-30(25,26)16-12-10-15(11-13-16)29-18-9-7-6-8-17(18)27-3/h6-14,23H,5H2,1-4H3/t14-/m1/s1. The molecule has 0 amide bonds. The molecule has 0 saturated heterocycles. The van der Waals surface area contributed by atoms with E-state index in [4.69, 9.17) is 14.2 Å². The fourth-order valence-electron chi connectivity index (χ4n) is 2.94. The van der Waals surface area contributed by atoms with E-state index in [1.165, 1.54) is 19.2 Å². The molecule has 1 aromatic heterocycles. The Kier molecular flexibility index (Phi) is 6.58. The number of benzene rings is 2. The summed E-state index contributed by atoms with van der Waals surface area (Å²) in [6.07, 6.45) is 0. The average molecular weight is 433 g/mol. The molecular formula is C20H24N4O5S. The van der Waals surface area contributed by atoms with Gasteiger partial charge in [0.1, 0.15) is 5.75 Å². The van der Waals surface area contributed by atoms with Gasteiger partial charge in [-0.25, -0.2) is 13.1 Å². The first kappa shape index (κ1) is 21.6. The van der Waals surface area contributed by atoms with E-state index in [9.17, 15) is 8.42 Å². The van der Waals surface area contributed by atoms with Crippen LogP contribution < -0.4 is 18.9 Å². The Labute approximate surface area is 175 Å². The van der Waals surface area contributed by atoms with Crippen molar-refractivity contribution in [3.63, 3.8) is 0 Å². The van der Waals surface area contributed by atoms with Gasteiger partial charge in [0.05, 0.1) is 25.2 Å². The van der Waals surface area contributed by atoms with E-state index in [0.717, 1.165) is 0 Å². The first-order valence-electron chi connectivity index (χ1n) is 9.30. The van der Waals surface area contributed by atoms with Gasteiger partial charge in [0.15, 0.2) is 17.3 Å². The number of para-hydroxylation sites is 2. The number of hydrogen-bond donors (Lipinski definition) is 1. The predicted octanol–water partition coefficient (Wildman–Crippen LogP) is 3.15. The third-order valence-electron chi connectivity index (χ3n) is 4.39. The van der Waals surface area contributed by atoms with E-state index >= 15 is 0 Å². The fourth-order valence-corrected chi connectivity index (χ4v) is 4.14. The number of nitrogens with zero attached hydrogens (tertiary/aromatic N) is 3. The number of ether oxygens (including phenoxy) is 3. The molecule has 0 saturated carbocycles. The third-order valence-corrected chi connectivity index (χ3v) is 5.95. The highest BCUT2D eigenvalue weighted by Gasteiger charge is 2.23. The van der Waals surface area contributed by atoms with Crippen LogP contribution in [0.2, 0.25) is 0 Å². The highest BCUT2D eigenvalue weighted by Crippen LogP contribution is 2.31. The lowest BCUT2D eigenvalue weighted by atomic mass is 10.3. The molecular weight excluding hydrogens is 408 g/mol. The first-order chi connectivity index (χ1) is 14.4. The normalized spacial score (nSPS) is 12.4. The summed E-state index contributed by atoms with van der Waals surface area (Å²) in [5.41, 5.74) is 0. The summed E-state index contributed by atoms with van der Waals surface area (Å²) in [4.78, 5) is 0.108. The maximum atomic E-state index is 12.8. The lowest BCUT2D eigenvalue weighted by Gasteiger charge is -2.15. The van der Waals surface area contributed by atoms with Crippen molar-refractivity contribution in [2.24, 2.45) is 0 Å². The molecule has 160 valence electrons. The van der Waals surface area contributed by atoms with Gasteiger partial charge in [-0.15, -0.1) is 5.10 Å². The number of hydrogen-bond acceptors (Lipinski definition) is 7. The topological polar surface area (TPSA) is 105 Å². The zero-order valence-electron chi connectivity index (χ0n) is 17.2. The summed E-state index contributed by atoms with van der Waals surface area (Å²) in [5.74, 6) is 2.08. The molecule has 2 aromatic carbocycles. The SMILES string of the molecule is CCn1c(OC)nnc1[C@@H](C)NS(=O)(=O)c1ccc(Oc2ccccc2OC)cc1. The quantitative estimate of drug-likeness (QED) is 0.554. The molecule has 1 heterocycles. The van der Waals surface area contributed by atoms with E-state index in [1.54, 1.807) is 42.9 Å². The van der Waals surface area contributed by atoms with Gasteiger partial charge in [0.2, 0.25) is 10.0 Å². The molecule has 0 aliphatic rings. The van der Waals surface area contributed by atoms with Crippen LogP contribution in [0.4, 0.5) is 0 Å².